The molecule has 0 spiro atoms. The van der Waals surface area contributed by atoms with Gasteiger partial charge in [-0.2, -0.15) is 0 Å². The average molecular weight is 335 g/mol. The average Bonchev–Trinajstić information content (AvgIpc) is 3.00. The number of carbonyl (C=O) groups is 2. The minimum absolute atomic E-state index is 0.135. The van der Waals surface area contributed by atoms with Crippen molar-refractivity contribution in [3.05, 3.63) is 35.7 Å². The zero-order valence-electron chi connectivity index (χ0n) is 12.9. The number of aromatic nitrogens is 2. The molecule has 0 radical (unpaired) electrons. The number of carbonyl (C=O) groups excluding carboxylic acids is 2. The van der Waals surface area contributed by atoms with Crippen LogP contribution in [-0.4, -0.2) is 34.9 Å². The number of esters is 1. The van der Waals surface area contributed by atoms with Crippen LogP contribution in [0.5, 0.6) is 0 Å². The molecule has 0 aliphatic rings. The Morgan fingerprint density at radius 1 is 1.35 bits per heavy atom. The lowest BCUT2D eigenvalue weighted by Crippen LogP contribution is -2.14. The van der Waals surface area contributed by atoms with Gasteiger partial charge in [-0.15, -0.1) is 10.2 Å². The van der Waals surface area contributed by atoms with E-state index in [-0.39, 0.29) is 11.7 Å². The van der Waals surface area contributed by atoms with Gasteiger partial charge in [0, 0.05) is 12.1 Å². The molecule has 2 rings (SSSR count). The van der Waals surface area contributed by atoms with E-state index in [0.717, 1.165) is 12.8 Å². The third-order valence-electron chi connectivity index (χ3n) is 2.81. The van der Waals surface area contributed by atoms with Gasteiger partial charge in [-0.3, -0.25) is 4.79 Å². The maximum Gasteiger partial charge on any atom is 0.337 e. The molecule has 1 aromatic heterocycles. The summed E-state index contributed by atoms with van der Waals surface area (Å²) >= 11 is 1.17. The highest BCUT2D eigenvalue weighted by atomic mass is 32.2. The first-order chi connectivity index (χ1) is 11.1. The molecule has 2 aromatic rings. The standard InChI is InChI=1S/C15H17N3O4S/c1-3-5-13-17-18-15(22-13)23-9-12(19)16-11-7-4-6-10(8-11)14(20)21-2/h4,6-8H,3,5,9H2,1-2H3,(H,16,19). The van der Waals surface area contributed by atoms with Gasteiger partial charge >= 0.3 is 5.97 Å². The minimum Gasteiger partial charge on any atom is -0.465 e. The number of anilines is 1. The van der Waals surface area contributed by atoms with Crippen LogP contribution in [0.15, 0.2) is 33.9 Å². The van der Waals surface area contributed by atoms with Crippen molar-refractivity contribution >= 4 is 29.3 Å². The van der Waals surface area contributed by atoms with Crippen LogP contribution in [0.2, 0.25) is 0 Å². The number of aryl methyl sites for hydroxylation is 1. The van der Waals surface area contributed by atoms with E-state index < -0.39 is 5.97 Å². The largest absolute Gasteiger partial charge is 0.465 e. The number of nitrogens with zero attached hydrogens (tertiary/aromatic N) is 2. The molecule has 122 valence electrons. The van der Waals surface area contributed by atoms with E-state index in [9.17, 15) is 9.59 Å². The fourth-order valence-electron chi connectivity index (χ4n) is 1.78. The van der Waals surface area contributed by atoms with Gasteiger partial charge in [-0.25, -0.2) is 4.79 Å². The summed E-state index contributed by atoms with van der Waals surface area (Å²) in [6.07, 6.45) is 1.64. The second-order valence-electron chi connectivity index (χ2n) is 4.62. The summed E-state index contributed by atoms with van der Waals surface area (Å²) < 4.78 is 10.0. The van der Waals surface area contributed by atoms with E-state index in [2.05, 4.69) is 20.3 Å². The highest BCUT2D eigenvalue weighted by Gasteiger charge is 2.11. The molecule has 1 amide bonds. The normalized spacial score (nSPS) is 10.3. The number of hydrogen-bond donors (Lipinski definition) is 1. The lowest BCUT2D eigenvalue weighted by atomic mass is 10.2. The molecule has 1 heterocycles. The van der Waals surface area contributed by atoms with E-state index in [1.807, 2.05) is 6.92 Å². The molecule has 0 aliphatic heterocycles. The molecule has 8 heteroatoms. The number of methoxy groups -OCH3 is 1. The van der Waals surface area contributed by atoms with Crippen molar-refractivity contribution in [3.63, 3.8) is 0 Å². The van der Waals surface area contributed by atoms with E-state index >= 15 is 0 Å². The maximum absolute atomic E-state index is 11.9. The lowest BCUT2D eigenvalue weighted by molar-refractivity contribution is -0.113. The first kappa shape index (κ1) is 17.0. The second-order valence-corrected chi connectivity index (χ2v) is 5.55. The summed E-state index contributed by atoms with van der Waals surface area (Å²) in [5.74, 6) is 0.0224. The number of benzene rings is 1. The van der Waals surface area contributed by atoms with Crippen LogP contribution >= 0.6 is 11.8 Å². The van der Waals surface area contributed by atoms with Crippen molar-refractivity contribution in [1.82, 2.24) is 10.2 Å². The summed E-state index contributed by atoms with van der Waals surface area (Å²) in [7, 11) is 1.31. The fraction of sp³-hybridized carbons (Fsp3) is 0.333. The highest BCUT2D eigenvalue weighted by molar-refractivity contribution is 7.99. The van der Waals surface area contributed by atoms with Gasteiger partial charge in [0.25, 0.3) is 5.22 Å². The molecular weight excluding hydrogens is 318 g/mol. The van der Waals surface area contributed by atoms with Crippen LogP contribution in [0.3, 0.4) is 0 Å². The van der Waals surface area contributed by atoms with Crippen LogP contribution in [0.1, 0.15) is 29.6 Å². The SMILES string of the molecule is CCCc1nnc(SCC(=O)Nc2cccc(C(=O)OC)c2)o1. The molecule has 0 saturated carbocycles. The minimum atomic E-state index is -0.454. The Bertz CT molecular complexity index is 687. The van der Waals surface area contributed by atoms with E-state index in [4.69, 9.17) is 4.42 Å². The van der Waals surface area contributed by atoms with Crippen molar-refractivity contribution < 1.29 is 18.7 Å². The molecule has 0 unspecified atom stereocenters. The smallest absolute Gasteiger partial charge is 0.337 e. The summed E-state index contributed by atoms with van der Waals surface area (Å²) in [5, 5.41) is 10.8. The van der Waals surface area contributed by atoms with Gasteiger partial charge in [-0.1, -0.05) is 24.8 Å². The molecule has 0 atom stereocenters. The number of nitrogens with one attached hydrogen (secondary N) is 1. The zero-order chi connectivity index (χ0) is 16.7. The van der Waals surface area contributed by atoms with Gasteiger partial charge in [0.15, 0.2) is 0 Å². The van der Waals surface area contributed by atoms with Gasteiger partial charge in [0.2, 0.25) is 11.8 Å². The Morgan fingerprint density at radius 2 is 2.17 bits per heavy atom. The van der Waals surface area contributed by atoms with Gasteiger partial charge in [0.1, 0.15) is 0 Å². The van der Waals surface area contributed by atoms with Crippen molar-refractivity contribution in [1.29, 1.82) is 0 Å². The molecule has 1 N–H and O–H groups in total. The lowest BCUT2D eigenvalue weighted by Gasteiger charge is -2.05. The Morgan fingerprint density at radius 3 is 2.91 bits per heavy atom. The molecule has 1 aromatic carbocycles. The summed E-state index contributed by atoms with van der Waals surface area (Å²) in [4.78, 5) is 23.4. The van der Waals surface area contributed by atoms with E-state index in [1.54, 1.807) is 24.3 Å². The van der Waals surface area contributed by atoms with Crippen molar-refractivity contribution in [3.8, 4) is 0 Å². The van der Waals surface area contributed by atoms with Crippen LogP contribution < -0.4 is 5.32 Å². The van der Waals surface area contributed by atoms with Crippen LogP contribution in [0, 0.1) is 0 Å². The van der Waals surface area contributed by atoms with Gasteiger partial charge in [0.05, 0.1) is 18.4 Å². The summed E-state index contributed by atoms with van der Waals surface area (Å²) in [5.41, 5.74) is 0.898. The Kier molecular flexibility index (Phi) is 6.16. The van der Waals surface area contributed by atoms with Crippen LogP contribution in [0.25, 0.3) is 0 Å². The molecule has 0 bridgehead atoms. The molecule has 0 saturated heterocycles. The predicted octanol–water partition coefficient (Wildman–Crippen LogP) is 2.54. The number of ether oxygens (including phenoxy) is 1. The summed E-state index contributed by atoms with van der Waals surface area (Å²) in [6, 6.07) is 6.54. The molecule has 23 heavy (non-hydrogen) atoms. The Hall–Kier alpha value is -2.35. The third kappa shape index (κ3) is 5.10. The predicted molar refractivity (Wildman–Crippen MR) is 85.4 cm³/mol. The van der Waals surface area contributed by atoms with Crippen LogP contribution in [-0.2, 0) is 16.0 Å². The number of rotatable bonds is 7. The maximum atomic E-state index is 11.9. The molecule has 0 fully saturated rings. The molecule has 0 aliphatic carbocycles. The Balaban J connectivity index is 1.88. The van der Waals surface area contributed by atoms with E-state index in [1.165, 1.54) is 18.9 Å². The first-order valence-corrected chi connectivity index (χ1v) is 8.04. The summed E-state index contributed by atoms with van der Waals surface area (Å²) in [6.45, 7) is 2.02. The monoisotopic (exact) mass is 335 g/mol. The van der Waals surface area contributed by atoms with Crippen molar-refractivity contribution in [2.75, 3.05) is 18.2 Å². The zero-order valence-corrected chi connectivity index (χ0v) is 13.7. The Labute approximate surface area is 137 Å². The molecular formula is C15H17N3O4S. The topological polar surface area (TPSA) is 94.3 Å². The number of amides is 1. The third-order valence-corrected chi connectivity index (χ3v) is 3.62. The van der Waals surface area contributed by atoms with Crippen molar-refractivity contribution in [2.24, 2.45) is 0 Å². The van der Waals surface area contributed by atoms with E-state index in [0.29, 0.717) is 22.4 Å². The number of hydrogen-bond acceptors (Lipinski definition) is 7. The molecule has 7 nitrogen and oxygen atoms in total. The quantitative estimate of drug-likeness (QED) is 0.613. The second kappa shape index (κ2) is 8.33. The first-order valence-electron chi connectivity index (χ1n) is 7.05. The fourth-order valence-corrected chi connectivity index (χ4v) is 2.36. The van der Waals surface area contributed by atoms with Crippen LogP contribution in [0.4, 0.5) is 5.69 Å². The van der Waals surface area contributed by atoms with Gasteiger partial charge in [-0.05, 0) is 24.6 Å². The van der Waals surface area contributed by atoms with Gasteiger partial charge < -0.3 is 14.5 Å². The highest BCUT2D eigenvalue weighted by Crippen LogP contribution is 2.18. The number of thioether (sulfide) groups is 1. The van der Waals surface area contributed by atoms with Crippen molar-refractivity contribution in [2.45, 2.75) is 25.0 Å².